The maximum atomic E-state index is 13.0. The first-order valence-corrected chi connectivity index (χ1v) is 40.8. The molecule has 19 heteroatoms. The molecular weight excluding hydrogens is 1210 g/mol. The second kappa shape index (κ2) is 62.6. The van der Waals surface area contributed by atoms with Crippen LogP contribution >= 0.6 is 15.6 Å². The van der Waals surface area contributed by atoms with E-state index in [1.54, 1.807) is 0 Å². The van der Waals surface area contributed by atoms with Crippen molar-refractivity contribution < 1.29 is 80.2 Å². The number of phosphoric ester groups is 2. The van der Waals surface area contributed by atoms with E-state index in [1.165, 1.54) is 161 Å². The zero-order chi connectivity index (χ0) is 68.2. The number of hydrogen-bond acceptors (Lipinski definition) is 15. The number of unbranched alkanes of at least 4 members (excludes halogenated alkanes) is 34. The fourth-order valence-electron chi connectivity index (χ4n) is 11.0. The van der Waals surface area contributed by atoms with E-state index in [0.717, 1.165) is 114 Å². The first kappa shape index (κ1) is 90.1. The number of phosphoric acid groups is 2. The van der Waals surface area contributed by atoms with Crippen molar-refractivity contribution in [2.24, 2.45) is 23.7 Å². The lowest BCUT2D eigenvalue weighted by atomic mass is 9.99. The summed E-state index contributed by atoms with van der Waals surface area (Å²) in [4.78, 5) is 72.6. The molecule has 0 saturated carbocycles. The minimum Gasteiger partial charge on any atom is -0.462 e. The third kappa shape index (κ3) is 64.1. The van der Waals surface area contributed by atoms with Gasteiger partial charge in [-0.3, -0.25) is 37.3 Å². The molecule has 0 radical (unpaired) electrons. The van der Waals surface area contributed by atoms with Gasteiger partial charge in [-0.15, -0.1) is 0 Å². The minimum absolute atomic E-state index is 0.102. The highest BCUT2D eigenvalue weighted by atomic mass is 31.2. The van der Waals surface area contributed by atoms with Crippen molar-refractivity contribution in [2.45, 2.75) is 382 Å². The van der Waals surface area contributed by atoms with E-state index in [4.69, 9.17) is 37.0 Å². The Morgan fingerprint density at radius 2 is 0.522 bits per heavy atom. The number of hydrogen-bond donors (Lipinski definition) is 3. The summed E-state index contributed by atoms with van der Waals surface area (Å²) in [5.41, 5.74) is 0. The van der Waals surface area contributed by atoms with E-state index in [-0.39, 0.29) is 25.7 Å². The summed E-state index contributed by atoms with van der Waals surface area (Å²) in [5, 5.41) is 10.6. The van der Waals surface area contributed by atoms with Crippen LogP contribution in [0.2, 0.25) is 0 Å². The monoisotopic (exact) mass is 1350 g/mol. The number of ether oxygens (including phenoxy) is 4. The van der Waals surface area contributed by atoms with Gasteiger partial charge in [-0.25, -0.2) is 9.13 Å². The maximum Gasteiger partial charge on any atom is 0.472 e. The summed E-state index contributed by atoms with van der Waals surface area (Å²) < 4.78 is 68.4. The van der Waals surface area contributed by atoms with Crippen LogP contribution in [0.3, 0.4) is 0 Å². The van der Waals surface area contributed by atoms with Crippen LogP contribution in [0.15, 0.2) is 0 Å². The van der Waals surface area contributed by atoms with Crippen molar-refractivity contribution in [3.8, 4) is 0 Å². The van der Waals surface area contributed by atoms with Gasteiger partial charge in [0.15, 0.2) is 12.2 Å². The van der Waals surface area contributed by atoms with E-state index in [1.807, 2.05) is 0 Å². The first-order valence-electron chi connectivity index (χ1n) is 37.8. The van der Waals surface area contributed by atoms with Crippen LogP contribution in [0.5, 0.6) is 0 Å². The number of esters is 4. The van der Waals surface area contributed by atoms with E-state index in [0.29, 0.717) is 31.6 Å². The Morgan fingerprint density at radius 3 is 0.772 bits per heavy atom. The second-order valence-electron chi connectivity index (χ2n) is 27.8. The van der Waals surface area contributed by atoms with Crippen LogP contribution in [0.4, 0.5) is 0 Å². The molecule has 0 aromatic rings. The predicted octanol–water partition coefficient (Wildman–Crippen LogP) is 20.9. The van der Waals surface area contributed by atoms with Gasteiger partial charge in [-0.05, 0) is 49.4 Å². The lowest BCUT2D eigenvalue weighted by molar-refractivity contribution is -0.161. The van der Waals surface area contributed by atoms with Crippen molar-refractivity contribution in [3.05, 3.63) is 0 Å². The Balaban J connectivity index is 5.21. The van der Waals surface area contributed by atoms with E-state index < -0.39 is 97.5 Å². The molecule has 5 unspecified atom stereocenters. The fourth-order valence-corrected chi connectivity index (χ4v) is 12.5. The van der Waals surface area contributed by atoms with Gasteiger partial charge >= 0.3 is 39.5 Å². The topological polar surface area (TPSA) is 237 Å². The zero-order valence-corrected chi connectivity index (χ0v) is 62.0. The molecule has 0 saturated heterocycles. The molecule has 546 valence electrons. The van der Waals surface area contributed by atoms with E-state index >= 15 is 0 Å². The van der Waals surface area contributed by atoms with Gasteiger partial charge < -0.3 is 33.8 Å². The average molecular weight is 1350 g/mol. The van der Waals surface area contributed by atoms with Crippen molar-refractivity contribution in [2.75, 3.05) is 39.6 Å². The third-order valence-corrected chi connectivity index (χ3v) is 19.4. The highest BCUT2D eigenvalue weighted by Crippen LogP contribution is 2.45. The molecule has 0 aromatic carbocycles. The van der Waals surface area contributed by atoms with Crippen LogP contribution in [0.25, 0.3) is 0 Å². The molecule has 0 spiro atoms. The van der Waals surface area contributed by atoms with Gasteiger partial charge in [0.05, 0.1) is 26.4 Å². The van der Waals surface area contributed by atoms with Gasteiger partial charge in [-0.1, -0.05) is 312 Å². The maximum absolute atomic E-state index is 13.0. The molecule has 92 heavy (non-hydrogen) atoms. The Hall–Kier alpha value is -1.94. The molecule has 0 aliphatic carbocycles. The smallest absolute Gasteiger partial charge is 0.462 e. The molecule has 0 rings (SSSR count). The van der Waals surface area contributed by atoms with Crippen LogP contribution in [-0.2, 0) is 65.4 Å². The SMILES string of the molecule is CCC(C)CCCCCCCCCCCCCCCCC(=O)O[C@H](COC(=O)CCCCCCCCCC(C)C)COP(=O)(O)OCC(O)COP(=O)(O)OC[C@@H](COC(=O)CCCCCCCCCCCCCC(C)C)OC(=O)CCCCCCCCC(C)CC. The molecule has 0 aliphatic rings. The molecule has 0 amide bonds. The molecular formula is C73H142O17P2. The van der Waals surface area contributed by atoms with Gasteiger partial charge in [0.2, 0.25) is 0 Å². The summed E-state index contributed by atoms with van der Waals surface area (Å²) in [6.45, 7) is 14.1. The zero-order valence-electron chi connectivity index (χ0n) is 60.2. The summed E-state index contributed by atoms with van der Waals surface area (Å²) in [6, 6.07) is 0. The largest absolute Gasteiger partial charge is 0.472 e. The predicted molar refractivity (Wildman–Crippen MR) is 372 cm³/mol. The van der Waals surface area contributed by atoms with E-state index in [2.05, 4.69) is 55.4 Å². The summed E-state index contributed by atoms with van der Waals surface area (Å²) in [7, 11) is -9.91. The molecule has 3 N–H and O–H groups in total. The summed E-state index contributed by atoms with van der Waals surface area (Å²) >= 11 is 0. The van der Waals surface area contributed by atoms with Crippen molar-refractivity contribution in [1.82, 2.24) is 0 Å². The number of aliphatic hydroxyl groups excluding tert-OH is 1. The standard InChI is InChI=1S/C73H142O17P2/c1-9-65(7)51-43-35-27-21-17-13-11-12-14-18-23-29-39-47-55-72(77)89-68(59-84-71(76)54-46-38-30-24-26-34-42-50-64(5)6)61-87-91(79,80)85-57-67(74)58-86-92(81,82)88-62-69(90-73(78)56-48-40-32-31-36-44-52-66(8)10-2)60-83-70(75)53-45-37-28-22-19-15-16-20-25-33-41-49-63(3)4/h63-69,74H,9-62H2,1-8H3,(H,79,80)(H,81,82)/t65?,66?,67?,68-,69-/m1/s1. The molecule has 0 aliphatic heterocycles. The van der Waals surface area contributed by atoms with Crippen LogP contribution in [0.1, 0.15) is 364 Å². The Labute approximate surface area is 562 Å². The third-order valence-electron chi connectivity index (χ3n) is 17.5. The fraction of sp³-hybridized carbons (Fsp3) is 0.945. The number of aliphatic hydroxyl groups is 1. The number of carbonyl (C=O) groups is 4. The average Bonchev–Trinajstić information content (AvgIpc) is 2.46. The quantitative estimate of drug-likeness (QED) is 0.0222. The van der Waals surface area contributed by atoms with Gasteiger partial charge in [0, 0.05) is 25.7 Å². The van der Waals surface area contributed by atoms with Gasteiger partial charge in [0.25, 0.3) is 0 Å². The second-order valence-corrected chi connectivity index (χ2v) is 30.7. The molecule has 0 heterocycles. The normalized spacial score (nSPS) is 14.8. The highest BCUT2D eigenvalue weighted by molar-refractivity contribution is 7.47. The number of rotatable bonds is 70. The van der Waals surface area contributed by atoms with Crippen LogP contribution in [0, 0.1) is 23.7 Å². The molecule has 0 aromatic heterocycles. The van der Waals surface area contributed by atoms with E-state index in [9.17, 15) is 43.2 Å². The van der Waals surface area contributed by atoms with Crippen molar-refractivity contribution >= 4 is 39.5 Å². The molecule has 0 bridgehead atoms. The molecule has 0 fully saturated rings. The number of carbonyl (C=O) groups excluding carboxylic acids is 4. The van der Waals surface area contributed by atoms with Gasteiger partial charge in [0.1, 0.15) is 19.3 Å². The van der Waals surface area contributed by atoms with Crippen molar-refractivity contribution in [3.63, 3.8) is 0 Å². The first-order chi connectivity index (χ1) is 44.2. The van der Waals surface area contributed by atoms with Crippen LogP contribution in [-0.4, -0.2) is 96.7 Å². The Bertz CT molecular complexity index is 1820. The lowest BCUT2D eigenvalue weighted by Gasteiger charge is -2.21. The molecule has 7 atom stereocenters. The van der Waals surface area contributed by atoms with Crippen LogP contribution < -0.4 is 0 Å². The summed E-state index contributed by atoms with van der Waals surface area (Å²) in [6.07, 6.45) is 45.9. The summed E-state index contributed by atoms with van der Waals surface area (Å²) in [5.74, 6) is 0.914. The van der Waals surface area contributed by atoms with Crippen molar-refractivity contribution in [1.29, 1.82) is 0 Å². The lowest BCUT2D eigenvalue weighted by Crippen LogP contribution is -2.30. The Kier molecular flexibility index (Phi) is 61.3. The molecule has 17 nitrogen and oxygen atoms in total. The Morgan fingerprint density at radius 1 is 0.304 bits per heavy atom. The highest BCUT2D eigenvalue weighted by Gasteiger charge is 2.30. The van der Waals surface area contributed by atoms with Gasteiger partial charge in [-0.2, -0.15) is 0 Å². The minimum atomic E-state index is -4.95.